The lowest BCUT2D eigenvalue weighted by Gasteiger charge is -2.28. The number of nitrogens with zero attached hydrogens (tertiary/aromatic N) is 2. The highest BCUT2D eigenvalue weighted by Gasteiger charge is 2.21. The molecular formula is C19H22N4O3. The molecule has 3 aromatic rings. The molecule has 0 saturated heterocycles. The number of H-pyrrole nitrogens is 1. The van der Waals surface area contributed by atoms with Crippen molar-refractivity contribution in [2.24, 2.45) is 0 Å². The monoisotopic (exact) mass is 354 g/mol. The minimum atomic E-state index is -0.517. The average Bonchev–Trinajstić information content (AvgIpc) is 3.02. The van der Waals surface area contributed by atoms with Gasteiger partial charge in [0.25, 0.3) is 0 Å². The Hall–Kier alpha value is -3.09. The summed E-state index contributed by atoms with van der Waals surface area (Å²) >= 11 is 0. The Labute approximate surface area is 151 Å². The number of unbranched alkanes of at least 4 members (excludes halogenated alkanes) is 1. The van der Waals surface area contributed by atoms with Crippen molar-refractivity contribution in [2.75, 3.05) is 12.4 Å². The molecule has 1 atom stereocenters. The van der Waals surface area contributed by atoms with Crippen LogP contribution in [0.1, 0.15) is 37.8 Å². The fourth-order valence-corrected chi connectivity index (χ4v) is 2.93. The molecule has 0 aliphatic rings. The molecule has 2 heterocycles. The van der Waals surface area contributed by atoms with E-state index in [1.807, 2.05) is 12.1 Å². The van der Waals surface area contributed by atoms with Gasteiger partial charge in [0.2, 0.25) is 0 Å². The fraction of sp³-hybridized carbons (Fsp3) is 0.316. The lowest BCUT2D eigenvalue weighted by Crippen LogP contribution is -2.35. The topological polar surface area (TPSA) is 91.2 Å². The van der Waals surface area contributed by atoms with Crippen LogP contribution in [0, 0.1) is 0 Å². The maximum atomic E-state index is 12.7. The molecule has 136 valence electrons. The number of aromatic amines is 1. The van der Waals surface area contributed by atoms with Crippen LogP contribution in [-0.2, 0) is 0 Å². The molecule has 0 unspecified atom stereocenters. The van der Waals surface area contributed by atoms with Crippen LogP contribution in [-0.4, -0.2) is 27.9 Å². The number of amides is 2. The van der Waals surface area contributed by atoms with Gasteiger partial charge in [0.15, 0.2) is 5.58 Å². The summed E-state index contributed by atoms with van der Waals surface area (Å²) in [6.45, 7) is 2.13. The fourth-order valence-electron chi connectivity index (χ4n) is 2.93. The molecule has 7 heteroatoms. The van der Waals surface area contributed by atoms with E-state index in [9.17, 15) is 9.59 Å². The average molecular weight is 354 g/mol. The predicted molar refractivity (Wildman–Crippen MR) is 100 cm³/mol. The second-order valence-corrected chi connectivity index (χ2v) is 6.21. The number of rotatable bonds is 6. The molecule has 0 radical (unpaired) electrons. The van der Waals surface area contributed by atoms with Gasteiger partial charge in [-0.3, -0.25) is 9.97 Å². The molecule has 26 heavy (non-hydrogen) atoms. The van der Waals surface area contributed by atoms with Crippen molar-refractivity contribution in [2.45, 2.75) is 32.2 Å². The molecule has 2 N–H and O–H groups in total. The van der Waals surface area contributed by atoms with E-state index in [4.69, 9.17) is 4.42 Å². The number of hydrogen-bond donors (Lipinski definition) is 2. The van der Waals surface area contributed by atoms with E-state index in [-0.39, 0.29) is 12.1 Å². The number of carbonyl (C=O) groups excluding carboxylic acids is 1. The Morgan fingerprint density at radius 1 is 1.38 bits per heavy atom. The van der Waals surface area contributed by atoms with Crippen LogP contribution in [0.4, 0.5) is 10.5 Å². The first-order chi connectivity index (χ1) is 12.6. The van der Waals surface area contributed by atoms with Gasteiger partial charge in [-0.05, 0) is 30.2 Å². The first kappa shape index (κ1) is 17.7. The first-order valence-corrected chi connectivity index (χ1v) is 8.65. The summed E-state index contributed by atoms with van der Waals surface area (Å²) in [4.78, 5) is 32.4. The van der Waals surface area contributed by atoms with Crippen molar-refractivity contribution in [1.82, 2.24) is 14.9 Å². The van der Waals surface area contributed by atoms with Gasteiger partial charge in [-0.1, -0.05) is 25.8 Å². The molecule has 0 bridgehead atoms. The van der Waals surface area contributed by atoms with Gasteiger partial charge in [0.05, 0.1) is 11.6 Å². The Morgan fingerprint density at radius 2 is 2.23 bits per heavy atom. The first-order valence-electron chi connectivity index (χ1n) is 8.65. The van der Waals surface area contributed by atoms with E-state index in [0.717, 1.165) is 24.8 Å². The van der Waals surface area contributed by atoms with E-state index < -0.39 is 5.76 Å². The maximum Gasteiger partial charge on any atom is 0.417 e. The highest BCUT2D eigenvalue weighted by atomic mass is 16.4. The van der Waals surface area contributed by atoms with Crippen LogP contribution in [0.25, 0.3) is 11.1 Å². The van der Waals surface area contributed by atoms with E-state index in [1.165, 1.54) is 0 Å². The van der Waals surface area contributed by atoms with Crippen LogP contribution < -0.4 is 11.1 Å². The molecule has 0 fully saturated rings. The zero-order chi connectivity index (χ0) is 18.5. The summed E-state index contributed by atoms with van der Waals surface area (Å²) in [5.41, 5.74) is 2.57. The minimum Gasteiger partial charge on any atom is -0.408 e. The summed E-state index contributed by atoms with van der Waals surface area (Å²) in [7, 11) is 1.78. The number of anilines is 1. The summed E-state index contributed by atoms with van der Waals surface area (Å²) in [5.74, 6) is -0.517. The number of hydrogen-bond acceptors (Lipinski definition) is 4. The van der Waals surface area contributed by atoms with Crippen molar-refractivity contribution >= 4 is 22.8 Å². The standard InChI is InChI=1S/C19H22N4O3/c1-3-4-7-16(13-6-5-10-20-12-13)23(2)18(24)21-14-8-9-15-17(11-14)26-19(25)22-15/h5-6,8-12,16H,3-4,7H2,1-2H3,(H,21,24)(H,22,25)/t16-/m1/s1. The lowest BCUT2D eigenvalue weighted by atomic mass is 10.0. The summed E-state index contributed by atoms with van der Waals surface area (Å²) in [6, 6.07) is 8.63. The Morgan fingerprint density at radius 3 is 2.96 bits per heavy atom. The highest BCUT2D eigenvalue weighted by Crippen LogP contribution is 2.26. The van der Waals surface area contributed by atoms with E-state index in [0.29, 0.717) is 16.8 Å². The van der Waals surface area contributed by atoms with Gasteiger partial charge in [-0.15, -0.1) is 0 Å². The number of fused-ring (bicyclic) bond motifs is 1. The van der Waals surface area contributed by atoms with E-state index in [2.05, 4.69) is 22.2 Å². The second-order valence-electron chi connectivity index (χ2n) is 6.21. The third kappa shape index (κ3) is 3.93. The number of pyridine rings is 1. The SMILES string of the molecule is CCCC[C@H](c1cccnc1)N(C)C(=O)Nc1ccc2[nH]c(=O)oc2c1. The molecule has 0 spiro atoms. The normalized spacial score (nSPS) is 12.1. The molecule has 3 rings (SSSR count). The molecule has 7 nitrogen and oxygen atoms in total. The number of benzene rings is 1. The Balaban J connectivity index is 1.77. The number of urea groups is 1. The zero-order valence-corrected chi connectivity index (χ0v) is 14.9. The third-order valence-electron chi connectivity index (χ3n) is 4.36. The number of carbonyl (C=O) groups is 1. The van der Waals surface area contributed by atoms with Crippen LogP contribution in [0.2, 0.25) is 0 Å². The smallest absolute Gasteiger partial charge is 0.408 e. The van der Waals surface area contributed by atoms with Gasteiger partial charge < -0.3 is 14.6 Å². The molecular weight excluding hydrogens is 332 g/mol. The van der Waals surface area contributed by atoms with E-state index in [1.54, 1.807) is 42.5 Å². The van der Waals surface area contributed by atoms with Crippen LogP contribution in [0.5, 0.6) is 0 Å². The molecule has 0 saturated carbocycles. The predicted octanol–water partition coefficient (Wildman–Crippen LogP) is 3.91. The number of aromatic nitrogens is 2. The lowest BCUT2D eigenvalue weighted by molar-refractivity contribution is 0.200. The van der Waals surface area contributed by atoms with Crippen molar-refractivity contribution in [3.63, 3.8) is 0 Å². The van der Waals surface area contributed by atoms with Crippen LogP contribution >= 0.6 is 0 Å². The maximum absolute atomic E-state index is 12.7. The van der Waals surface area contributed by atoms with Crippen LogP contribution in [0.3, 0.4) is 0 Å². The summed E-state index contributed by atoms with van der Waals surface area (Å²) in [6.07, 6.45) is 6.44. The summed E-state index contributed by atoms with van der Waals surface area (Å²) in [5, 5.41) is 2.86. The molecule has 2 amide bonds. The van der Waals surface area contributed by atoms with Gasteiger partial charge in [0.1, 0.15) is 0 Å². The van der Waals surface area contributed by atoms with Crippen molar-refractivity contribution < 1.29 is 9.21 Å². The molecule has 0 aliphatic heterocycles. The second kappa shape index (κ2) is 7.86. The van der Waals surface area contributed by atoms with Crippen molar-refractivity contribution in [3.8, 4) is 0 Å². The van der Waals surface area contributed by atoms with Gasteiger partial charge in [-0.2, -0.15) is 0 Å². The number of nitrogens with one attached hydrogen (secondary N) is 2. The number of oxazole rings is 1. The Kier molecular flexibility index (Phi) is 5.36. The highest BCUT2D eigenvalue weighted by molar-refractivity contribution is 5.91. The van der Waals surface area contributed by atoms with E-state index >= 15 is 0 Å². The van der Waals surface area contributed by atoms with Gasteiger partial charge in [0, 0.05) is 31.2 Å². The van der Waals surface area contributed by atoms with Crippen molar-refractivity contribution in [3.05, 3.63) is 58.8 Å². The Bertz CT molecular complexity index is 933. The molecule has 1 aromatic carbocycles. The zero-order valence-electron chi connectivity index (χ0n) is 14.9. The quantitative estimate of drug-likeness (QED) is 0.702. The van der Waals surface area contributed by atoms with Crippen LogP contribution in [0.15, 0.2) is 51.9 Å². The third-order valence-corrected chi connectivity index (χ3v) is 4.36. The molecule has 2 aromatic heterocycles. The summed E-state index contributed by atoms with van der Waals surface area (Å²) < 4.78 is 5.04. The van der Waals surface area contributed by atoms with Gasteiger partial charge >= 0.3 is 11.8 Å². The van der Waals surface area contributed by atoms with Crippen molar-refractivity contribution in [1.29, 1.82) is 0 Å². The molecule has 0 aliphatic carbocycles. The van der Waals surface area contributed by atoms with Gasteiger partial charge in [-0.25, -0.2) is 9.59 Å². The minimum absolute atomic E-state index is 0.0578. The largest absolute Gasteiger partial charge is 0.417 e.